The molecule has 0 saturated carbocycles. The molecule has 0 aliphatic heterocycles. The highest BCUT2D eigenvalue weighted by Gasteiger charge is 2.07. The smallest absolute Gasteiger partial charge is 0.241 e. The molecule has 4 nitrogen and oxygen atoms in total. The minimum atomic E-state index is 0.228. The summed E-state index contributed by atoms with van der Waals surface area (Å²) in [6.07, 6.45) is 6.20. The molecule has 1 aromatic carbocycles. The number of hydrogen-bond acceptors (Lipinski definition) is 4. The van der Waals surface area contributed by atoms with E-state index in [0.29, 0.717) is 11.7 Å². The summed E-state index contributed by atoms with van der Waals surface area (Å²) in [5, 5.41) is 3.88. The van der Waals surface area contributed by atoms with Gasteiger partial charge in [-0.25, -0.2) is 0 Å². The predicted octanol–water partition coefficient (Wildman–Crippen LogP) is 4.82. The minimum absolute atomic E-state index is 0.228. The maximum Gasteiger partial charge on any atom is 0.241 e. The number of aromatic nitrogens is 2. The Labute approximate surface area is 130 Å². The predicted molar refractivity (Wildman–Crippen MR) is 83.5 cm³/mol. The van der Waals surface area contributed by atoms with Crippen LogP contribution in [-0.4, -0.2) is 16.7 Å². The van der Waals surface area contributed by atoms with E-state index >= 15 is 0 Å². The van der Waals surface area contributed by atoms with Gasteiger partial charge in [-0.3, -0.25) is 0 Å². The Kier molecular flexibility index (Phi) is 6.54. The van der Waals surface area contributed by atoms with Gasteiger partial charge in [0.15, 0.2) is 0 Å². The van der Waals surface area contributed by atoms with Crippen LogP contribution in [0.1, 0.15) is 44.9 Å². The average Bonchev–Trinajstić information content (AvgIpc) is 3.00. The summed E-state index contributed by atoms with van der Waals surface area (Å²) in [5.41, 5.74) is 0.894. The van der Waals surface area contributed by atoms with Crippen LogP contribution in [0, 0.1) is 0 Å². The van der Waals surface area contributed by atoms with E-state index in [1.54, 1.807) is 0 Å². The van der Waals surface area contributed by atoms with E-state index in [-0.39, 0.29) is 5.88 Å². The van der Waals surface area contributed by atoms with Crippen LogP contribution in [0.4, 0.5) is 0 Å². The summed E-state index contributed by atoms with van der Waals surface area (Å²) in [7, 11) is 0. The van der Waals surface area contributed by atoms with E-state index < -0.39 is 0 Å². The zero-order valence-electron chi connectivity index (χ0n) is 12.3. The molecule has 0 amide bonds. The molecular weight excluding hydrogens is 288 g/mol. The van der Waals surface area contributed by atoms with Crippen LogP contribution in [0.5, 0.6) is 5.75 Å². The van der Waals surface area contributed by atoms with E-state index in [2.05, 4.69) is 17.1 Å². The second-order valence-electron chi connectivity index (χ2n) is 4.93. The second-order valence-corrected chi connectivity index (χ2v) is 5.20. The summed E-state index contributed by atoms with van der Waals surface area (Å²) in [6.45, 7) is 2.99. The highest BCUT2D eigenvalue weighted by atomic mass is 35.5. The molecule has 0 aliphatic carbocycles. The fraction of sp³-hybridized carbons (Fsp3) is 0.500. The van der Waals surface area contributed by atoms with Gasteiger partial charge in [0, 0.05) is 5.56 Å². The van der Waals surface area contributed by atoms with Crippen molar-refractivity contribution >= 4 is 11.6 Å². The Balaban J connectivity index is 1.79. The van der Waals surface area contributed by atoms with Crippen LogP contribution < -0.4 is 4.74 Å². The number of halogens is 1. The van der Waals surface area contributed by atoms with Crippen molar-refractivity contribution in [3.8, 4) is 17.1 Å². The number of nitrogens with zero attached hydrogens (tertiary/aromatic N) is 2. The zero-order valence-corrected chi connectivity index (χ0v) is 13.1. The third-order valence-electron chi connectivity index (χ3n) is 3.21. The molecule has 0 N–H and O–H groups in total. The van der Waals surface area contributed by atoms with Crippen LogP contribution in [0.15, 0.2) is 28.8 Å². The molecule has 114 valence electrons. The summed E-state index contributed by atoms with van der Waals surface area (Å²) < 4.78 is 10.7. The first kappa shape index (κ1) is 15.8. The normalized spacial score (nSPS) is 10.8. The molecule has 0 unspecified atom stereocenters. The van der Waals surface area contributed by atoms with Gasteiger partial charge in [-0.1, -0.05) is 37.8 Å². The van der Waals surface area contributed by atoms with Gasteiger partial charge in [0.25, 0.3) is 0 Å². The highest BCUT2D eigenvalue weighted by Crippen LogP contribution is 2.20. The fourth-order valence-corrected chi connectivity index (χ4v) is 2.13. The van der Waals surface area contributed by atoms with Crippen LogP contribution in [0.3, 0.4) is 0 Å². The number of alkyl halides is 1. The number of hydrogen-bond donors (Lipinski definition) is 0. The molecule has 2 rings (SSSR count). The minimum Gasteiger partial charge on any atom is -0.494 e. The van der Waals surface area contributed by atoms with Gasteiger partial charge in [-0.05, 0) is 30.7 Å². The highest BCUT2D eigenvalue weighted by molar-refractivity contribution is 6.16. The Morgan fingerprint density at radius 3 is 2.52 bits per heavy atom. The molecule has 1 heterocycles. The molecule has 1 aromatic heterocycles. The number of unbranched alkanes of at least 4 members (excludes halogenated alkanes) is 4. The van der Waals surface area contributed by atoms with Crippen LogP contribution in [0.25, 0.3) is 11.4 Å². The molecule has 21 heavy (non-hydrogen) atoms. The van der Waals surface area contributed by atoms with Gasteiger partial charge in [-0.15, -0.1) is 11.6 Å². The van der Waals surface area contributed by atoms with E-state index in [4.69, 9.17) is 20.9 Å². The Bertz CT molecular complexity index is 525. The van der Waals surface area contributed by atoms with Gasteiger partial charge in [-0.2, -0.15) is 4.98 Å². The van der Waals surface area contributed by atoms with Crippen LogP contribution >= 0.6 is 11.6 Å². The van der Waals surface area contributed by atoms with Crippen molar-refractivity contribution in [1.82, 2.24) is 10.1 Å². The number of ether oxygens (including phenoxy) is 1. The molecule has 0 spiro atoms. The van der Waals surface area contributed by atoms with Crippen molar-refractivity contribution in [2.45, 2.75) is 44.9 Å². The molecule has 0 fully saturated rings. The first-order chi connectivity index (χ1) is 10.3. The standard InChI is InChI=1S/C16H21ClN2O2/c1-2-3-4-5-6-11-20-14-9-7-13(8-10-14)16-18-15(12-17)21-19-16/h7-10H,2-6,11-12H2,1H3. The molecular formula is C16H21ClN2O2. The topological polar surface area (TPSA) is 48.2 Å². The summed E-state index contributed by atoms with van der Waals surface area (Å²) >= 11 is 5.64. The third-order valence-corrected chi connectivity index (χ3v) is 3.44. The average molecular weight is 309 g/mol. The maximum atomic E-state index is 5.72. The van der Waals surface area contributed by atoms with E-state index in [9.17, 15) is 0 Å². The van der Waals surface area contributed by atoms with Crippen molar-refractivity contribution in [3.05, 3.63) is 30.2 Å². The van der Waals surface area contributed by atoms with Crippen LogP contribution in [0.2, 0.25) is 0 Å². The lowest BCUT2D eigenvalue weighted by Crippen LogP contribution is -1.97. The van der Waals surface area contributed by atoms with Crippen molar-refractivity contribution in [3.63, 3.8) is 0 Å². The second kappa shape index (κ2) is 8.67. The lowest BCUT2D eigenvalue weighted by atomic mass is 10.2. The summed E-state index contributed by atoms with van der Waals surface area (Å²) in [4.78, 5) is 4.18. The van der Waals surface area contributed by atoms with E-state index in [1.807, 2.05) is 24.3 Å². The maximum absolute atomic E-state index is 5.72. The van der Waals surface area contributed by atoms with Gasteiger partial charge in [0.1, 0.15) is 11.6 Å². The Hall–Kier alpha value is -1.55. The lowest BCUT2D eigenvalue weighted by molar-refractivity contribution is 0.304. The summed E-state index contributed by atoms with van der Waals surface area (Å²) in [5.74, 6) is 2.08. The van der Waals surface area contributed by atoms with Crippen molar-refractivity contribution in [2.75, 3.05) is 6.61 Å². The van der Waals surface area contributed by atoms with Gasteiger partial charge in [0.2, 0.25) is 11.7 Å². The van der Waals surface area contributed by atoms with E-state index in [1.165, 1.54) is 25.7 Å². The van der Waals surface area contributed by atoms with Crippen molar-refractivity contribution in [2.24, 2.45) is 0 Å². The molecule has 5 heteroatoms. The van der Waals surface area contributed by atoms with Crippen LogP contribution in [-0.2, 0) is 5.88 Å². The number of rotatable bonds is 9. The fourth-order valence-electron chi connectivity index (χ4n) is 2.02. The largest absolute Gasteiger partial charge is 0.494 e. The molecule has 0 saturated heterocycles. The monoisotopic (exact) mass is 308 g/mol. The number of benzene rings is 1. The quantitative estimate of drug-likeness (QED) is 0.492. The van der Waals surface area contributed by atoms with Gasteiger partial charge in [0.05, 0.1) is 6.61 Å². The Morgan fingerprint density at radius 1 is 1.10 bits per heavy atom. The van der Waals surface area contributed by atoms with Gasteiger partial charge >= 0.3 is 0 Å². The third kappa shape index (κ3) is 5.05. The molecule has 0 radical (unpaired) electrons. The van der Waals surface area contributed by atoms with E-state index in [0.717, 1.165) is 24.3 Å². The SMILES string of the molecule is CCCCCCCOc1ccc(-c2noc(CCl)n2)cc1. The molecule has 2 aromatic rings. The van der Waals surface area contributed by atoms with Crippen molar-refractivity contribution in [1.29, 1.82) is 0 Å². The summed E-state index contributed by atoms with van der Waals surface area (Å²) in [6, 6.07) is 7.71. The first-order valence-corrected chi connectivity index (χ1v) is 7.98. The molecule has 0 bridgehead atoms. The lowest BCUT2D eigenvalue weighted by Gasteiger charge is -2.06. The molecule has 0 aliphatic rings. The first-order valence-electron chi connectivity index (χ1n) is 7.45. The van der Waals surface area contributed by atoms with Gasteiger partial charge < -0.3 is 9.26 Å². The van der Waals surface area contributed by atoms with Crippen molar-refractivity contribution < 1.29 is 9.26 Å². The zero-order chi connectivity index (χ0) is 14.9. The molecule has 0 atom stereocenters. The Morgan fingerprint density at radius 2 is 1.86 bits per heavy atom.